The highest BCUT2D eigenvalue weighted by Crippen LogP contribution is 2.28. The van der Waals surface area contributed by atoms with Gasteiger partial charge in [-0.25, -0.2) is 4.39 Å². The van der Waals surface area contributed by atoms with Gasteiger partial charge in [0.15, 0.2) is 0 Å². The van der Waals surface area contributed by atoms with E-state index in [1.165, 1.54) is 6.07 Å². The highest BCUT2D eigenvalue weighted by Gasteiger charge is 2.18. The molecule has 0 spiro atoms. The molecule has 0 saturated carbocycles. The maximum absolute atomic E-state index is 13.8. The van der Waals surface area contributed by atoms with Gasteiger partial charge in [-0.1, -0.05) is 35.8 Å². The fourth-order valence-corrected chi connectivity index (χ4v) is 3.09. The van der Waals surface area contributed by atoms with E-state index < -0.39 is 11.9 Å². The van der Waals surface area contributed by atoms with Gasteiger partial charge in [-0.15, -0.1) is 0 Å². The molecule has 0 aliphatic carbocycles. The van der Waals surface area contributed by atoms with E-state index in [4.69, 9.17) is 0 Å². The molecule has 5 heteroatoms. The van der Waals surface area contributed by atoms with Gasteiger partial charge < -0.3 is 5.11 Å². The number of aliphatic hydroxyl groups is 1. The van der Waals surface area contributed by atoms with Crippen LogP contribution in [0, 0.1) is 5.82 Å². The lowest BCUT2D eigenvalue weighted by atomic mass is 10.0. The molecule has 21 heavy (non-hydrogen) atoms. The molecule has 1 N–H and O–H groups in total. The predicted molar refractivity (Wildman–Crippen MR) is 84.6 cm³/mol. The second-order valence-corrected chi connectivity index (χ2v) is 5.97. The average molecular weight is 355 g/mol. The number of rotatable bonds is 6. The van der Waals surface area contributed by atoms with Crippen LogP contribution in [0.15, 0.2) is 34.9 Å². The predicted octanol–water partition coefficient (Wildman–Crippen LogP) is 4.42. The summed E-state index contributed by atoms with van der Waals surface area (Å²) in [6, 6.07) is 6.95. The molecule has 2 rings (SSSR count). The molecule has 1 unspecified atom stereocenters. The monoisotopic (exact) mass is 354 g/mol. The number of halogens is 2. The standard InChI is InChI=1S/C16H20BrFN2O/c1-3-12(4-2)20-9-8-11(19-20)10-15(21)16-13(17)6-5-7-14(16)18/h5-9,12,15,21H,3-4,10H2,1-2H3. The van der Waals surface area contributed by atoms with E-state index in [-0.39, 0.29) is 5.56 Å². The van der Waals surface area contributed by atoms with E-state index >= 15 is 0 Å². The summed E-state index contributed by atoms with van der Waals surface area (Å²) in [6.07, 6.45) is 3.34. The van der Waals surface area contributed by atoms with Gasteiger partial charge in [0.2, 0.25) is 0 Å². The molecule has 114 valence electrons. The first-order valence-corrected chi connectivity index (χ1v) is 8.02. The SMILES string of the molecule is CCC(CC)n1ccc(CC(O)c2c(F)cccc2Br)n1. The van der Waals surface area contributed by atoms with Gasteiger partial charge >= 0.3 is 0 Å². The highest BCUT2D eigenvalue weighted by molar-refractivity contribution is 9.10. The van der Waals surface area contributed by atoms with Gasteiger partial charge in [0, 0.05) is 22.7 Å². The number of nitrogens with zero attached hydrogens (tertiary/aromatic N) is 2. The van der Waals surface area contributed by atoms with Crippen LogP contribution in [0.25, 0.3) is 0 Å². The fourth-order valence-electron chi connectivity index (χ4n) is 2.48. The molecule has 3 nitrogen and oxygen atoms in total. The summed E-state index contributed by atoms with van der Waals surface area (Å²) in [7, 11) is 0. The molecule has 0 amide bonds. The minimum atomic E-state index is -0.911. The number of hydrogen-bond acceptors (Lipinski definition) is 2. The van der Waals surface area contributed by atoms with Crippen LogP contribution in [0.5, 0.6) is 0 Å². The van der Waals surface area contributed by atoms with E-state index in [0.717, 1.165) is 18.5 Å². The minimum absolute atomic E-state index is 0.287. The molecule has 1 aromatic carbocycles. The van der Waals surface area contributed by atoms with Gasteiger partial charge in [-0.05, 0) is 31.0 Å². The average Bonchev–Trinajstić information content (AvgIpc) is 2.88. The van der Waals surface area contributed by atoms with Crippen LogP contribution in [0.3, 0.4) is 0 Å². The summed E-state index contributed by atoms with van der Waals surface area (Å²) < 4.78 is 16.3. The van der Waals surface area contributed by atoms with Gasteiger partial charge in [-0.2, -0.15) is 5.10 Å². The Labute approximate surface area is 132 Å². The first-order valence-electron chi connectivity index (χ1n) is 7.22. The topological polar surface area (TPSA) is 38.0 Å². The van der Waals surface area contributed by atoms with Crippen LogP contribution in [-0.2, 0) is 6.42 Å². The molecular formula is C16H20BrFN2O. The van der Waals surface area contributed by atoms with Gasteiger partial charge in [-0.3, -0.25) is 4.68 Å². The molecule has 0 bridgehead atoms. The number of aliphatic hydroxyl groups excluding tert-OH is 1. The van der Waals surface area contributed by atoms with Crippen molar-refractivity contribution in [1.82, 2.24) is 9.78 Å². The Kier molecular flexibility index (Phi) is 5.53. The van der Waals surface area contributed by atoms with Crippen molar-refractivity contribution >= 4 is 15.9 Å². The summed E-state index contributed by atoms with van der Waals surface area (Å²) in [5.74, 6) is -0.406. The normalized spacial score (nSPS) is 12.9. The second kappa shape index (κ2) is 7.18. The third kappa shape index (κ3) is 3.71. The van der Waals surface area contributed by atoms with Crippen molar-refractivity contribution in [2.45, 2.75) is 45.3 Å². The van der Waals surface area contributed by atoms with Crippen molar-refractivity contribution < 1.29 is 9.50 Å². The minimum Gasteiger partial charge on any atom is -0.388 e. The summed E-state index contributed by atoms with van der Waals surface area (Å²) in [5.41, 5.74) is 1.05. The third-order valence-electron chi connectivity index (χ3n) is 3.72. The lowest BCUT2D eigenvalue weighted by molar-refractivity contribution is 0.171. The first-order chi connectivity index (χ1) is 10.1. The molecule has 0 fully saturated rings. The third-order valence-corrected chi connectivity index (χ3v) is 4.41. The van der Waals surface area contributed by atoms with E-state index in [1.807, 2.05) is 16.9 Å². The maximum atomic E-state index is 13.8. The van der Waals surface area contributed by atoms with Gasteiger partial charge in [0.05, 0.1) is 17.8 Å². The molecule has 2 aromatic rings. The molecule has 0 radical (unpaired) electrons. The Bertz CT molecular complexity index is 575. The van der Waals surface area contributed by atoms with Crippen molar-refractivity contribution in [1.29, 1.82) is 0 Å². The zero-order valence-electron chi connectivity index (χ0n) is 12.3. The molecular weight excluding hydrogens is 335 g/mol. The molecule has 0 aliphatic heterocycles. The van der Waals surface area contributed by atoms with Crippen molar-refractivity contribution in [2.24, 2.45) is 0 Å². The van der Waals surface area contributed by atoms with E-state index in [0.29, 0.717) is 16.9 Å². The van der Waals surface area contributed by atoms with Crippen molar-refractivity contribution in [3.8, 4) is 0 Å². The smallest absolute Gasteiger partial charge is 0.130 e. The zero-order chi connectivity index (χ0) is 15.4. The number of hydrogen-bond donors (Lipinski definition) is 1. The van der Waals surface area contributed by atoms with Crippen LogP contribution in [-0.4, -0.2) is 14.9 Å². The Morgan fingerprint density at radius 3 is 2.62 bits per heavy atom. The van der Waals surface area contributed by atoms with Gasteiger partial charge in [0.25, 0.3) is 0 Å². The molecule has 1 aromatic heterocycles. The lowest BCUT2D eigenvalue weighted by Crippen LogP contribution is -2.10. The van der Waals surface area contributed by atoms with Crippen LogP contribution >= 0.6 is 15.9 Å². The van der Waals surface area contributed by atoms with Crippen molar-refractivity contribution in [3.05, 3.63) is 52.0 Å². The summed E-state index contributed by atoms with van der Waals surface area (Å²) >= 11 is 3.29. The molecule has 1 heterocycles. The number of benzene rings is 1. The fraction of sp³-hybridized carbons (Fsp3) is 0.438. The first kappa shape index (κ1) is 16.2. The molecule has 1 atom stereocenters. The second-order valence-electron chi connectivity index (χ2n) is 5.11. The van der Waals surface area contributed by atoms with Crippen molar-refractivity contribution in [3.63, 3.8) is 0 Å². The summed E-state index contributed by atoms with van der Waals surface area (Å²) in [6.45, 7) is 4.25. The Balaban J connectivity index is 2.15. The number of aromatic nitrogens is 2. The molecule has 0 saturated heterocycles. The van der Waals surface area contributed by atoms with Crippen LogP contribution in [0.4, 0.5) is 4.39 Å². The maximum Gasteiger partial charge on any atom is 0.130 e. The van der Waals surface area contributed by atoms with Crippen LogP contribution in [0.1, 0.15) is 50.1 Å². The quantitative estimate of drug-likeness (QED) is 0.833. The summed E-state index contributed by atoms with van der Waals surface area (Å²) in [4.78, 5) is 0. The Morgan fingerprint density at radius 2 is 2.00 bits per heavy atom. The van der Waals surface area contributed by atoms with E-state index in [9.17, 15) is 9.50 Å². The van der Waals surface area contributed by atoms with E-state index in [1.54, 1.807) is 12.1 Å². The Hall–Kier alpha value is -1.20. The highest BCUT2D eigenvalue weighted by atomic mass is 79.9. The van der Waals surface area contributed by atoms with Crippen molar-refractivity contribution in [2.75, 3.05) is 0 Å². The van der Waals surface area contributed by atoms with E-state index in [2.05, 4.69) is 34.9 Å². The molecule has 0 aliphatic rings. The van der Waals surface area contributed by atoms with Crippen LogP contribution in [0.2, 0.25) is 0 Å². The zero-order valence-corrected chi connectivity index (χ0v) is 13.8. The largest absolute Gasteiger partial charge is 0.388 e. The Morgan fingerprint density at radius 1 is 1.29 bits per heavy atom. The summed E-state index contributed by atoms with van der Waals surface area (Å²) in [5, 5.41) is 14.8. The van der Waals surface area contributed by atoms with Gasteiger partial charge in [0.1, 0.15) is 5.82 Å². The van der Waals surface area contributed by atoms with Crippen LogP contribution < -0.4 is 0 Å². The lowest BCUT2D eigenvalue weighted by Gasteiger charge is -2.14.